The van der Waals surface area contributed by atoms with Crippen LogP contribution in [0.5, 0.6) is 0 Å². The van der Waals surface area contributed by atoms with Crippen LogP contribution in [0.15, 0.2) is 194 Å². The van der Waals surface area contributed by atoms with Crippen LogP contribution < -0.4 is 9.80 Å². The maximum Gasteiger partial charge on any atom is 0.0543 e. The van der Waals surface area contributed by atoms with Gasteiger partial charge in [0.2, 0.25) is 0 Å². The predicted molar refractivity (Wildman–Crippen MR) is 286 cm³/mol. The lowest BCUT2D eigenvalue weighted by molar-refractivity contribution is 0.597. The van der Waals surface area contributed by atoms with Crippen LogP contribution in [-0.4, -0.2) is 0 Å². The summed E-state index contributed by atoms with van der Waals surface area (Å²) in [5.41, 5.74) is 28.1. The van der Waals surface area contributed by atoms with Crippen molar-refractivity contribution < 1.29 is 0 Å². The molecule has 13 rings (SSSR count). The Bertz CT molecular complexity index is 3410. The van der Waals surface area contributed by atoms with Gasteiger partial charge in [-0.1, -0.05) is 189 Å². The monoisotopic (exact) mass is 876 g/mol. The molecule has 0 bridgehead atoms. The van der Waals surface area contributed by atoms with Gasteiger partial charge >= 0.3 is 0 Å². The number of rotatable bonds is 5. The van der Waals surface area contributed by atoms with Crippen LogP contribution in [0.1, 0.15) is 99.9 Å². The Morgan fingerprint density at radius 2 is 0.662 bits per heavy atom. The molecule has 0 N–H and O–H groups in total. The van der Waals surface area contributed by atoms with Gasteiger partial charge in [-0.15, -0.1) is 0 Å². The van der Waals surface area contributed by atoms with Crippen molar-refractivity contribution in [1.29, 1.82) is 0 Å². The van der Waals surface area contributed by atoms with E-state index in [4.69, 9.17) is 0 Å². The summed E-state index contributed by atoms with van der Waals surface area (Å²) in [6, 6.07) is 73.6. The van der Waals surface area contributed by atoms with E-state index in [0.29, 0.717) is 0 Å². The number of anilines is 6. The molecule has 0 atom stereocenters. The highest BCUT2D eigenvalue weighted by atomic mass is 15.2. The molecule has 0 spiro atoms. The van der Waals surface area contributed by atoms with Crippen LogP contribution in [0.2, 0.25) is 0 Å². The third-order valence-electron chi connectivity index (χ3n) is 16.7. The van der Waals surface area contributed by atoms with Gasteiger partial charge in [0, 0.05) is 38.7 Å². The molecule has 0 amide bonds. The van der Waals surface area contributed by atoms with Crippen molar-refractivity contribution in [2.24, 2.45) is 0 Å². The van der Waals surface area contributed by atoms with E-state index in [-0.39, 0.29) is 21.7 Å². The molecule has 0 fully saturated rings. The summed E-state index contributed by atoms with van der Waals surface area (Å²) in [6.45, 7) is 19.0. The number of nitrogens with zero attached hydrogens (tertiary/aromatic N) is 2. The van der Waals surface area contributed by atoms with Gasteiger partial charge in [0.05, 0.1) is 17.1 Å². The fourth-order valence-corrected chi connectivity index (χ4v) is 12.8. The Balaban J connectivity index is 0.929. The second kappa shape index (κ2) is 14.1. The molecule has 0 unspecified atom stereocenters. The summed E-state index contributed by atoms with van der Waals surface area (Å²) < 4.78 is 0. The van der Waals surface area contributed by atoms with Crippen molar-refractivity contribution in [3.8, 4) is 44.5 Å². The van der Waals surface area contributed by atoms with Crippen molar-refractivity contribution in [2.45, 2.75) is 77.0 Å². The summed E-state index contributed by atoms with van der Waals surface area (Å²) in [4.78, 5) is 5.00. The quantitative estimate of drug-likeness (QED) is 0.170. The van der Waals surface area contributed by atoms with Crippen LogP contribution in [0.4, 0.5) is 34.1 Å². The Labute approximate surface area is 402 Å². The molecular weight excluding hydrogens is 821 g/mol. The van der Waals surface area contributed by atoms with Crippen molar-refractivity contribution in [3.05, 3.63) is 239 Å². The summed E-state index contributed by atoms with van der Waals surface area (Å²) >= 11 is 0. The minimum Gasteiger partial charge on any atom is -0.310 e. The van der Waals surface area contributed by atoms with E-state index in [1.165, 1.54) is 106 Å². The van der Waals surface area contributed by atoms with Crippen LogP contribution in [0.25, 0.3) is 44.5 Å². The van der Waals surface area contributed by atoms with Crippen molar-refractivity contribution in [2.75, 3.05) is 9.80 Å². The first-order valence-corrected chi connectivity index (χ1v) is 24.4. The van der Waals surface area contributed by atoms with Gasteiger partial charge < -0.3 is 9.80 Å². The first-order chi connectivity index (χ1) is 32.7. The first kappa shape index (κ1) is 40.8. The Kier molecular flexibility index (Phi) is 8.44. The van der Waals surface area contributed by atoms with Gasteiger partial charge in [-0.25, -0.2) is 0 Å². The zero-order valence-corrected chi connectivity index (χ0v) is 40.4. The number of benzene rings is 9. The molecule has 2 heterocycles. The summed E-state index contributed by atoms with van der Waals surface area (Å²) in [5.74, 6) is 0. The lowest BCUT2D eigenvalue weighted by Crippen LogP contribution is -2.38. The molecule has 0 saturated carbocycles. The molecule has 0 radical (unpaired) electrons. The highest BCUT2D eigenvalue weighted by Crippen LogP contribution is 2.61. The smallest absolute Gasteiger partial charge is 0.0543 e. The number of hydrogen-bond acceptors (Lipinski definition) is 2. The molecular formula is C66H56N2. The number of fused-ring (bicyclic) bond motifs is 10. The van der Waals surface area contributed by atoms with Gasteiger partial charge in [0.25, 0.3) is 0 Å². The fraction of sp³-hybridized carbons (Fsp3) is 0.182. The molecule has 0 saturated heterocycles. The molecule has 9 aromatic rings. The van der Waals surface area contributed by atoms with Gasteiger partial charge in [-0.3, -0.25) is 0 Å². The second-order valence-electron chi connectivity index (χ2n) is 21.8. The first-order valence-electron chi connectivity index (χ1n) is 24.4. The lowest BCUT2D eigenvalue weighted by Gasteiger charge is -2.49. The fourth-order valence-electron chi connectivity index (χ4n) is 12.8. The maximum absolute atomic E-state index is 2.55. The van der Waals surface area contributed by atoms with E-state index in [0.717, 1.165) is 17.1 Å². The van der Waals surface area contributed by atoms with E-state index in [1.807, 2.05) is 0 Å². The third-order valence-corrected chi connectivity index (χ3v) is 16.7. The van der Waals surface area contributed by atoms with E-state index in [1.54, 1.807) is 0 Å². The minimum absolute atomic E-state index is 0.0549. The number of para-hydroxylation sites is 2. The van der Waals surface area contributed by atoms with E-state index >= 15 is 0 Å². The molecule has 68 heavy (non-hydrogen) atoms. The molecule has 2 heteroatoms. The SMILES string of the molecule is CC1(C)c2ccccc2-c2ccc(-c3ccc(N(c4ccc(-c5ccc6c(c5)C(C)(C)c5ccccc5-6)cc4)c4ccc5c(c4)C(C)(C)c4cccc6c4N5c4ccccc4C6(C)C)cc3)cc21. The van der Waals surface area contributed by atoms with Crippen molar-refractivity contribution in [3.63, 3.8) is 0 Å². The van der Waals surface area contributed by atoms with E-state index < -0.39 is 0 Å². The van der Waals surface area contributed by atoms with Crippen LogP contribution in [0, 0.1) is 0 Å². The highest BCUT2D eigenvalue weighted by Gasteiger charge is 2.45. The minimum atomic E-state index is -0.253. The molecule has 2 aliphatic carbocycles. The van der Waals surface area contributed by atoms with Gasteiger partial charge in [0.15, 0.2) is 0 Å². The highest BCUT2D eigenvalue weighted by molar-refractivity contribution is 5.94. The van der Waals surface area contributed by atoms with E-state index in [9.17, 15) is 0 Å². The largest absolute Gasteiger partial charge is 0.310 e. The Hall–Kier alpha value is -7.42. The van der Waals surface area contributed by atoms with Crippen LogP contribution >= 0.6 is 0 Å². The summed E-state index contributed by atoms with van der Waals surface area (Å²) in [7, 11) is 0. The van der Waals surface area contributed by atoms with Crippen molar-refractivity contribution >= 4 is 34.1 Å². The predicted octanol–water partition coefficient (Wildman–Crippen LogP) is 17.9. The van der Waals surface area contributed by atoms with Gasteiger partial charge in [0.1, 0.15) is 0 Å². The Morgan fingerprint density at radius 1 is 0.279 bits per heavy atom. The molecule has 2 aliphatic heterocycles. The molecule has 0 aromatic heterocycles. The zero-order valence-electron chi connectivity index (χ0n) is 40.4. The van der Waals surface area contributed by atoms with Gasteiger partial charge in [-0.05, 0) is 150 Å². The Morgan fingerprint density at radius 3 is 1.19 bits per heavy atom. The second-order valence-corrected chi connectivity index (χ2v) is 21.8. The molecule has 2 nitrogen and oxygen atoms in total. The topological polar surface area (TPSA) is 6.48 Å². The average Bonchev–Trinajstić information content (AvgIpc) is 3.73. The molecule has 4 aliphatic rings. The van der Waals surface area contributed by atoms with Crippen molar-refractivity contribution in [1.82, 2.24) is 0 Å². The zero-order chi connectivity index (χ0) is 46.5. The maximum atomic E-state index is 2.55. The average molecular weight is 877 g/mol. The third kappa shape index (κ3) is 5.58. The molecule has 9 aromatic carbocycles. The van der Waals surface area contributed by atoms with Crippen LogP contribution in [-0.2, 0) is 21.7 Å². The van der Waals surface area contributed by atoms with E-state index in [2.05, 4.69) is 259 Å². The standard InChI is InChI=1S/C66H56N2/c1-63(2)52-18-11-9-16-48(52)50-35-28-43(38-57(50)63)41-24-30-45(31-25-41)67(46-32-26-42(27-33-46)44-29-36-51-49-17-10-12-19-53(49)64(3,4)58(51)39-44)47-34-37-61-59(40-47)66(7,8)56-22-15-21-55-62(56)68(61)60-23-14-13-20-54(60)65(55,5)6/h9-40H,1-8H3. The van der Waals surface area contributed by atoms with Gasteiger partial charge in [-0.2, -0.15) is 0 Å². The summed E-state index contributed by atoms with van der Waals surface area (Å²) in [6.07, 6.45) is 0. The lowest BCUT2D eigenvalue weighted by atomic mass is 9.66. The number of hydrogen-bond donors (Lipinski definition) is 0. The normalized spacial score (nSPS) is 16.4. The molecule has 330 valence electrons. The van der Waals surface area contributed by atoms with Crippen LogP contribution in [0.3, 0.4) is 0 Å². The summed E-state index contributed by atoms with van der Waals surface area (Å²) in [5, 5.41) is 0.